The molecule has 4 aliphatic rings. The fourth-order valence-corrected chi connectivity index (χ4v) is 12.6. The number of rotatable bonds is 5. The molecule has 0 N–H and O–H groups in total. The first-order chi connectivity index (χ1) is 27.3. The molecule has 0 aliphatic heterocycles. The molecule has 0 amide bonds. The van der Waals surface area contributed by atoms with E-state index < -0.39 is 0 Å². The van der Waals surface area contributed by atoms with Gasteiger partial charge in [0.05, 0.1) is 0 Å². The van der Waals surface area contributed by atoms with Gasteiger partial charge in [-0.1, -0.05) is 139 Å². The molecule has 2 fully saturated rings. The minimum absolute atomic E-state index is 0.0793. The zero-order valence-corrected chi connectivity index (χ0v) is 34.4. The normalized spacial score (nSPS) is 18.5. The summed E-state index contributed by atoms with van der Waals surface area (Å²) in [5.74, 6) is 1.41. The first-order valence-electron chi connectivity index (χ1n) is 21.6. The lowest BCUT2D eigenvalue weighted by molar-refractivity contribution is 0.443. The van der Waals surface area contributed by atoms with Crippen LogP contribution in [0, 0.1) is 0 Å². The Balaban J connectivity index is 1.04. The summed E-state index contributed by atoms with van der Waals surface area (Å²) in [5, 5.41) is 2.69. The van der Waals surface area contributed by atoms with Crippen molar-refractivity contribution in [3.05, 3.63) is 149 Å². The van der Waals surface area contributed by atoms with E-state index >= 15 is 0 Å². The van der Waals surface area contributed by atoms with Gasteiger partial charge in [0, 0.05) is 48.1 Å². The standard InChI is InChI=1S/C54H53NS/c1-53(2)47-29-36(34-13-7-5-8-14-34)19-24-41(47)43-26-21-38(31-49(43)53)55(40-23-28-46-45-17-11-12-18-51(45)56-52(46)33-40)39-22-27-44-42-25-20-37(35-15-9-6-10-16-35)30-48(42)54(3,4)50(44)32-39/h11-12,17-35H,5-10,13-16H2,1-4H3. The minimum atomic E-state index is -0.0793. The van der Waals surface area contributed by atoms with Crippen LogP contribution in [0.15, 0.2) is 115 Å². The van der Waals surface area contributed by atoms with E-state index in [1.807, 2.05) is 11.3 Å². The van der Waals surface area contributed by atoms with E-state index in [0.29, 0.717) is 11.8 Å². The Morgan fingerprint density at radius 3 is 1.39 bits per heavy atom. The smallest absolute Gasteiger partial charge is 0.0476 e. The first-order valence-corrected chi connectivity index (χ1v) is 22.4. The van der Waals surface area contributed by atoms with Gasteiger partial charge in [-0.05, 0) is 136 Å². The second-order valence-electron chi connectivity index (χ2n) is 18.6. The Hall–Kier alpha value is -4.66. The summed E-state index contributed by atoms with van der Waals surface area (Å²) in [6.07, 6.45) is 13.6. The summed E-state index contributed by atoms with van der Waals surface area (Å²) < 4.78 is 2.68. The van der Waals surface area contributed by atoms with E-state index in [1.165, 1.54) is 146 Å². The quantitative estimate of drug-likeness (QED) is 0.169. The Bertz CT molecular complexity index is 2550. The highest BCUT2D eigenvalue weighted by Gasteiger charge is 2.39. The fourth-order valence-electron chi connectivity index (χ4n) is 11.4. The van der Waals surface area contributed by atoms with Crippen LogP contribution in [-0.4, -0.2) is 0 Å². The lowest BCUT2D eigenvalue weighted by atomic mass is 9.78. The lowest BCUT2D eigenvalue weighted by Crippen LogP contribution is -2.18. The summed E-state index contributed by atoms with van der Waals surface area (Å²) in [6, 6.07) is 45.6. The predicted octanol–water partition coefficient (Wildman–Crippen LogP) is 16.2. The van der Waals surface area contributed by atoms with E-state index in [1.54, 1.807) is 11.1 Å². The molecule has 6 aromatic carbocycles. The van der Waals surface area contributed by atoms with Crippen LogP contribution in [0.4, 0.5) is 17.1 Å². The van der Waals surface area contributed by atoms with Crippen LogP contribution in [0.5, 0.6) is 0 Å². The molecule has 0 atom stereocenters. The SMILES string of the molecule is CC1(C)c2cc(C3CCCCC3)ccc2-c2ccc(N(c3ccc4c(c3)C(C)(C)c3cc(C5CCCCC5)ccc3-4)c3ccc4c(c3)sc3ccccc34)cc21. The van der Waals surface area contributed by atoms with Crippen LogP contribution in [0.3, 0.4) is 0 Å². The summed E-state index contributed by atoms with van der Waals surface area (Å²) in [5.41, 5.74) is 18.1. The van der Waals surface area contributed by atoms with Gasteiger partial charge >= 0.3 is 0 Å². The van der Waals surface area contributed by atoms with Crippen molar-refractivity contribution in [1.29, 1.82) is 0 Å². The van der Waals surface area contributed by atoms with Crippen LogP contribution >= 0.6 is 11.3 Å². The molecule has 4 aliphatic carbocycles. The molecule has 280 valence electrons. The molecule has 2 saturated carbocycles. The molecular weight excluding hydrogens is 695 g/mol. The maximum absolute atomic E-state index is 2.58. The highest BCUT2D eigenvalue weighted by Crippen LogP contribution is 2.54. The summed E-state index contributed by atoms with van der Waals surface area (Å²) in [7, 11) is 0. The Labute approximate surface area is 337 Å². The molecule has 0 unspecified atom stereocenters. The monoisotopic (exact) mass is 747 g/mol. The topological polar surface area (TPSA) is 3.24 Å². The summed E-state index contributed by atoms with van der Waals surface area (Å²) in [4.78, 5) is 2.55. The van der Waals surface area contributed by atoms with E-state index in [4.69, 9.17) is 0 Å². The van der Waals surface area contributed by atoms with E-state index in [2.05, 4.69) is 148 Å². The number of fused-ring (bicyclic) bond motifs is 9. The molecule has 11 rings (SSSR count). The highest BCUT2D eigenvalue weighted by molar-refractivity contribution is 7.25. The van der Waals surface area contributed by atoms with Crippen molar-refractivity contribution in [2.45, 2.75) is 115 Å². The minimum Gasteiger partial charge on any atom is -0.310 e. The summed E-state index contributed by atoms with van der Waals surface area (Å²) >= 11 is 1.91. The van der Waals surface area contributed by atoms with Crippen LogP contribution in [0.2, 0.25) is 0 Å². The molecule has 56 heavy (non-hydrogen) atoms. The van der Waals surface area contributed by atoms with E-state index in [-0.39, 0.29) is 10.8 Å². The van der Waals surface area contributed by atoms with Gasteiger partial charge in [0.15, 0.2) is 0 Å². The maximum atomic E-state index is 2.58. The Kier molecular flexibility index (Phi) is 7.99. The van der Waals surface area contributed by atoms with Crippen molar-refractivity contribution in [3.63, 3.8) is 0 Å². The zero-order chi connectivity index (χ0) is 37.8. The molecule has 0 spiro atoms. The lowest BCUT2D eigenvalue weighted by Gasteiger charge is -2.30. The van der Waals surface area contributed by atoms with Crippen LogP contribution in [0.25, 0.3) is 42.4 Å². The molecule has 1 nitrogen and oxygen atoms in total. The molecule has 0 bridgehead atoms. The van der Waals surface area contributed by atoms with Gasteiger partial charge in [-0.25, -0.2) is 0 Å². The Morgan fingerprint density at radius 2 is 0.857 bits per heavy atom. The zero-order valence-electron chi connectivity index (χ0n) is 33.6. The van der Waals surface area contributed by atoms with E-state index in [0.717, 1.165) is 0 Å². The van der Waals surface area contributed by atoms with Gasteiger partial charge in [-0.3, -0.25) is 0 Å². The number of anilines is 3. The highest BCUT2D eigenvalue weighted by atomic mass is 32.1. The molecule has 1 aromatic heterocycles. The second kappa shape index (κ2) is 12.9. The van der Waals surface area contributed by atoms with Crippen LogP contribution in [-0.2, 0) is 10.8 Å². The van der Waals surface area contributed by atoms with Crippen molar-refractivity contribution in [1.82, 2.24) is 0 Å². The third-order valence-corrected chi connectivity index (χ3v) is 15.8. The van der Waals surface area contributed by atoms with Crippen LogP contribution in [0.1, 0.15) is 137 Å². The molecule has 2 heteroatoms. The first kappa shape index (κ1) is 34.6. The van der Waals surface area contributed by atoms with Crippen molar-refractivity contribution >= 4 is 48.6 Å². The van der Waals surface area contributed by atoms with Gasteiger partial charge in [-0.15, -0.1) is 11.3 Å². The largest absolute Gasteiger partial charge is 0.310 e. The second-order valence-corrected chi connectivity index (χ2v) is 19.7. The van der Waals surface area contributed by atoms with Crippen molar-refractivity contribution in [3.8, 4) is 22.3 Å². The van der Waals surface area contributed by atoms with Crippen molar-refractivity contribution in [2.75, 3.05) is 4.90 Å². The van der Waals surface area contributed by atoms with E-state index in [9.17, 15) is 0 Å². The Morgan fingerprint density at radius 1 is 0.429 bits per heavy atom. The molecular formula is C54H53NS. The number of thiophene rings is 1. The number of hydrogen-bond acceptors (Lipinski definition) is 2. The summed E-state index contributed by atoms with van der Waals surface area (Å²) in [6.45, 7) is 9.82. The average molecular weight is 748 g/mol. The predicted molar refractivity (Wildman–Crippen MR) is 241 cm³/mol. The van der Waals surface area contributed by atoms with Gasteiger partial charge in [-0.2, -0.15) is 0 Å². The van der Waals surface area contributed by atoms with Crippen molar-refractivity contribution in [2.24, 2.45) is 0 Å². The fraction of sp³-hybridized carbons (Fsp3) is 0.333. The van der Waals surface area contributed by atoms with Crippen molar-refractivity contribution < 1.29 is 0 Å². The molecule has 7 aromatic rings. The third kappa shape index (κ3) is 5.31. The van der Waals surface area contributed by atoms with Gasteiger partial charge in [0.1, 0.15) is 0 Å². The van der Waals surface area contributed by atoms with Gasteiger partial charge < -0.3 is 4.90 Å². The van der Waals surface area contributed by atoms with Gasteiger partial charge in [0.2, 0.25) is 0 Å². The molecule has 0 saturated heterocycles. The maximum Gasteiger partial charge on any atom is 0.0476 e. The number of nitrogens with zero attached hydrogens (tertiary/aromatic N) is 1. The third-order valence-electron chi connectivity index (χ3n) is 14.7. The van der Waals surface area contributed by atoms with Gasteiger partial charge in [0.25, 0.3) is 0 Å². The average Bonchev–Trinajstić information content (AvgIpc) is 3.80. The molecule has 0 radical (unpaired) electrons. The van der Waals surface area contributed by atoms with Crippen LogP contribution < -0.4 is 4.90 Å². The number of benzene rings is 6. The molecule has 1 heterocycles. The number of hydrogen-bond donors (Lipinski definition) is 0.